The van der Waals surface area contributed by atoms with Crippen LogP contribution in [0.15, 0.2) is 53.4 Å². The van der Waals surface area contributed by atoms with Crippen molar-refractivity contribution in [2.24, 2.45) is 5.84 Å². The first kappa shape index (κ1) is 14.1. The number of hydrogen-bond acceptors (Lipinski definition) is 3. The van der Waals surface area contributed by atoms with Gasteiger partial charge in [0.1, 0.15) is 0 Å². The molecular formula is C16H20N2S. The van der Waals surface area contributed by atoms with Crippen molar-refractivity contribution >= 4 is 11.8 Å². The van der Waals surface area contributed by atoms with Gasteiger partial charge in [0.2, 0.25) is 0 Å². The first-order valence-electron chi connectivity index (χ1n) is 6.41. The Morgan fingerprint density at radius 3 is 2.42 bits per heavy atom. The van der Waals surface area contributed by atoms with Crippen molar-refractivity contribution in [1.29, 1.82) is 0 Å². The Balaban J connectivity index is 2.01. The van der Waals surface area contributed by atoms with Crippen molar-refractivity contribution in [2.75, 3.05) is 5.75 Å². The van der Waals surface area contributed by atoms with E-state index in [0.29, 0.717) is 0 Å². The second-order valence-corrected chi connectivity index (χ2v) is 5.85. The van der Waals surface area contributed by atoms with Crippen LogP contribution >= 0.6 is 11.8 Å². The summed E-state index contributed by atoms with van der Waals surface area (Å²) in [6, 6.07) is 17.2. The van der Waals surface area contributed by atoms with E-state index in [1.165, 1.54) is 21.6 Å². The molecule has 100 valence electrons. The number of nitrogens with two attached hydrogens (primary N) is 1. The SMILES string of the molecule is Cc1ccc(C(CSc2cccc(C)c2)NN)cc1. The van der Waals surface area contributed by atoms with Crippen LogP contribution < -0.4 is 11.3 Å². The van der Waals surface area contributed by atoms with Crippen molar-refractivity contribution in [3.63, 3.8) is 0 Å². The third-order valence-corrected chi connectivity index (χ3v) is 4.17. The van der Waals surface area contributed by atoms with E-state index < -0.39 is 0 Å². The lowest BCUT2D eigenvalue weighted by Gasteiger charge is -2.16. The van der Waals surface area contributed by atoms with E-state index in [1.807, 2.05) is 11.8 Å². The molecule has 1 unspecified atom stereocenters. The van der Waals surface area contributed by atoms with E-state index in [2.05, 4.69) is 67.8 Å². The maximum atomic E-state index is 5.67. The number of thioether (sulfide) groups is 1. The van der Waals surface area contributed by atoms with Gasteiger partial charge in [0.25, 0.3) is 0 Å². The Kier molecular flexibility index (Phi) is 5.02. The van der Waals surface area contributed by atoms with Crippen LogP contribution in [0.2, 0.25) is 0 Å². The summed E-state index contributed by atoms with van der Waals surface area (Å²) in [7, 11) is 0. The Morgan fingerprint density at radius 1 is 1.05 bits per heavy atom. The highest BCUT2D eigenvalue weighted by molar-refractivity contribution is 7.99. The summed E-state index contributed by atoms with van der Waals surface area (Å²) in [4.78, 5) is 1.28. The predicted octanol–water partition coefficient (Wildman–Crippen LogP) is 3.60. The van der Waals surface area contributed by atoms with Gasteiger partial charge in [-0.25, -0.2) is 0 Å². The van der Waals surface area contributed by atoms with Gasteiger partial charge >= 0.3 is 0 Å². The van der Waals surface area contributed by atoms with Gasteiger partial charge in [-0.05, 0) is 31.5 Å². The molecule has 3 heteroatoms. The summed E-state index contributed by atoms with van der Waals surface area (Å²) in [5, 5.41) is 0. The van der Waals surface area contributed by atoms with Crippen LogP contribution in [0.5, 0.6) is 0 Å². The van der Waals surface area contributed by atoms with Crippen LogP contribution in [0.4, 0.5) is 0 Å². The molecule has 0 aliphatic carbocycles. The van der Waals surface area contributed by atoms with Crippen LogP contribution in [0, 0.1) is 13.8 Å². The first-order chi connectivity index (χ1) is 9.19. The quantitative estimate of drug-likeness (QED) is 0.496. The van der Waals surface area contributed by atoms with Gasteiger partial charge < -0.3 is 0 Å². The van der Waals surface area contributed by atoms with Gasteiger partial charge in [0, 0.05) is 10.6 Å². The molecule has 0 aliphatic heterocycles. The Morgan fingerprint density at radius 2 is 1.79 bits per heavy atom. The van der Waals surface area contributed by atoms with Gasteiger partial charge in [-0.1, -0.05) is 47.5 Å². The zero-order valence-electron chi connectivity index (χ0n) is 11.4. The van der Waals surface area contributed by atoms with E-state index in [9.17, 15) is 0 Å². The zero-order chi connectivity index (χ0) is 13.7. The van der Waals surface area contributed by atoms with Gasteiger partial charge in [-0.2, -0.15) is 0 Å². The Labute approximate surface area is 119 Å². The molecule has 0 saturated carbocycles. The lowest BCUT2D eigenvalue weighted by Crippen LogP contribution is -2.29. The van der Waals surface area contributed by atoms with E-state index >= 15 is 0 Å². The molecule has 2 aromatic carbocycles. The highest BCUT2D eigenvalue weighted by Gasteiger charge is 2.09. The summed E-state index contributed by atoms with van der Waals surface area (Å²) in [6.45, 7) is 4.21. The Bertz CT molecular complexity index is 523. The predicted molar refractivity (Wildman–Crippen MR) is 83.1 cm³/mol. The average molecular weight is 272 g/mol. The minimum absolute atomic E-state index is 0.172. The monoisotopic (exact) mass is 272 g/mol. The second-order valence-electron chi connectivity index (χ2n) is 4.76. The molecule has 2 rings (SSSR count). The fourth-order valence-electron chi connectivity index (χ4n) is 1.92. The molecule has 0 aromatic heterocycles. The average Bonchev–Trinajstić information content (AvgIpc) is 2.41. The minimum atomic E-state index is 0.172. The molecule has 2 aromatic rings. The van der Waals surface area contributed by atoms with Gasteiger partial charge in [0.05, 0.1) is 6.04 Å². The maximum Gasteiger partial charge on any atom is 0.0553 e. The summed E-state index contributed by atoms with van der Waals surface area (Å²) in [5.74, 6) is 6.59. The molecule has 19 heavy (non-hydrogen) atoms. The van der Waals surface area contributed by atoms with Crippen molar-refractivity contribution in [2.45, 2.75) is 24.8 Å². The number of rotatable bonds is 5. The number of hydrazine groups is 1. The molecular weight excluding hydrogens is 252 g/mol. The standard InChI is InChI=1S/C16H20N2S/c1-12-6-8-14(9-7-12)16(18-17)11-19-15-5-3-4-13(2)10-15/h3-10,16,18H,11,17H2,1-2H3. The molecule has 0 spiro atoms. The summed E-state index contributed by atoms with van der Waals surface area (Å²) >= 11 is 1.82. The van der Waals surface area contributed by atoms with Crippen molar-refractivity contribution < 1.29 is 0 Å². The van der Waals surface area contributed by atoms with E-state index in [-0.39, 0.29) is 6.04 Å². The summed E-state index contributed by atoms with van der Waals surface area (Å²) < 4.78 is 0. The molecule has 1 atom stereocenters. The number of hydrogen-bond donors (Lipinski definition) is 2. The first-order valence-corrected chi connectivity index (χ1v) is 7.40. The third kappa shape index (κ3) is 4.10. The lowest BCUT2D eigenvalue weighted by molar-refractivity contribution is 0.610. The molecule has 0 aliphatic rings. The van der Waals surface area contributed by atoms with Crippen LogP contribution in [-0.4, -0.2) is 5.75 Å². The van der Waals surface area contributed by atoms with E-state index in [1.54, 1.807) is 0 Å². The lowest BCUT2D eigenvalue weighted by atomic mass is 10.1. The second kappa shape index (κ2) is 6.75. The molecule has 0 saturated heterocycles. The van der Waals surface area contributed by atoms with Gasteiger partial charge in [-0.15, -0.1) is 11.8 Å². The fourth-order valence-corrected chi connectivity index (χ4v) is 3.02. The Hall–Kier alpha value is -1.29. The molecule has 0 fully saturated rings. The van der Waals surface area contributed by atoms with Crippen LogP contribution in [0.3, 0.4) is 0 Å². The van der Waals surface area contributed by atoms with Crippen molar-refractivity contribution in [3.05, 3.63) is 65.2 Å². The zero-order valence-corrected chi connectivity index (χ0v) is 12.2. The molecule has 0 radical (unpaired) electrons. The highest BCUT2D eigenvalue weighted by atomic mass is 32.2. The molecule has 3 N–H and O–H groups in total. The molecule has 0 heterocycles. The largest absolute Gasteiger partial charge is 0.271 e. The maximum absolute atomic E-state index is 5.67. The molecule has 0 bridgehead atoms. The van der Waals surface area contributed by atoms with Crippen LogP contribution in [0.25, 0.3) is 0 Å². The minimum Gasteiger partial charge on any atom is -0.271 e. The summed E-state index contributed by atoms with van der Waals surface area (Å²) in [5.41, 5.74) is 6.69. The van der Waals surface area contributed by atoms with Crippen molar-refractivity contribution in [1.82, 2.24) is 5.43 Å². The number of benzene rings is 2. The van der Waals surface area contributed by atoms with Gasteiger partial charge in [-0.3, -0.25) is 11.3 Å². The fraction of sp³-hybridized carbons (Fsp3) is 0.250. The smallest absolute Gasteiger partial charge is 0.0553 e. The topological polar surface area (TPSA) is 38.0 Å². The van der Waals surface area contributed by atoms with E-state index in [4.69, 9.17) is 5.84 Å². The van der Waals surface area contributed by atoms with Crippen LogP contribution in [-0.2, 0) is 0 Å². The summed E-state index contributed by atoms with van der Waals surface area (Å²) in [6.07, 6.45) is 0. The third-order valence-electron chi connectivity index (χ3n) is 3.09. The van der Waals surface area contributed by atoms with E-state index in [0.717, 1.165) is 5.75 Å². The van der Waals surface area contributed by atoms with Crippen molar-refractivity contribution in [3.8, 4) is 0 Å². The van der Waals surface area contributed by atoms with Gasteiger partial charge in [0.15, 0.2) is 0 Å². The number of nitrogens with one attached hydrogen (secondary N) is 1. The number of aryl methyl sites for hydroxylation is 2. The normalized spacial score (nSPS) is 12.4. The highest BCUT2D eigenvalue weighted by Crippen LogP contribution is 2.25. The van der Waals surface area contributed by atoms with Crippen LogP contribution in [0.1, 0.15) is 22.7 Å². The molecule has 2 nitrogen and oxygen atoms in total. The molecule has 0 amide bonds.